The number of aliphatic carboxylic acids is 1. The van der Waals surface area contributed by atoms with Gasteiger partial charge in [0.2, 0.25) is 0 Å². The summed E-state index contributed by atoms with van der Waals surface area (Å²) in [5.74, 6) is -0.816. The Morgan fingerprint density at radius 2 is 1.96 bits per heavy atom. The van der Waals surface area contributed by atoms with E-state index >= 15 is 0 Å². The van der Waals surface area contributed by atoms with E-state index in [1.54, 1.807) is 25.1 Å². The highest BCUT2D eigenvalue weighted by Gasteiger charge is 2.30. The summed E-state index contributed by atoms with van der Waals surface area (Å²) in [6.45, 7) is 1.60. The van der Waals surface area contributed by atoms with Crippen LogP contribution in [-0.2, 0) is 17.4 Å². The molecular formula is C20H17F3O4. The predicted molar refractivity (Wildman–Crippen MR) is 93.7 cm³/mol. The third-order valence-electron chi connectivity index (χ3n) is 4.30. The quantitative estimate of drug-likeness (QED) is 0.647. The first-order valence-corrected chi connectivity index (χ1v) is 8.20. The van der Waals surface area contributed by atoms with Crippen molar-refractivity contribution in [2.24, 2.45) is 5.92 Å². The SMILES string of the molecule is COc1cc(CC(C)C(=O)O)cc2cc(-c3cccc(C(F)(F)F)c3)oc12. The molecule has 1 heterocycles. The number of carbonyl (C=O) groups is 1. The molecule has 0 bridgehead atoms. The van der Waals surface area contributed by atoms with Gasteiger partial charge in [0.25, 0.3) is 0 Å². The van der Waals surface area contributed by atoms with Crippen molar-refractivity contribution in [3.05, 3.63) is 53.6 Å². The minimum absolute atomic E-state index is 0.276. The number of hydrogen-bond acceptors (Lipinski definition) is 3. The van der Waals surface area contributed by atoms with Crippen LogP contribution in [0.3, 0.4) is 0 Å². The topological polar surface area (TPSA) is 59.7 Å². The zero-order chi connectivity index (χ0) is 19.8. The number of methoxy groups -OCH3 is 1. The minimum atomic E-state index is -4.44. The van der Waals surface area contributed by atoms with E-state index in [0.29, 0.717) is 28.7 Å². The van der Waals surface area contributed by atoms with Gasteiger partial charge in [0.05, 0.1) is 18.6 Å². The van der Waals surface area contributed by atoms with Crippen molar-refractivity contribution in [1.82, 2.24) is 0 Å². The van der Waals surface area contributed by atoms with E-state index in [4.69, 9.17) is 14.3 Å². The van der Waals surface area contributed by atoms with E-state index < -0.39 is 23.6 Å². The van der Waals surface area contributed by atoms with Crippen LogP contribution < -0.4 is 4.74 Å². The Bertz CT molecular complexity index is 989. The van der Waals surface area contributed by atoms with Crippen LogP contribution in [0.4, 0.5) is 13.2 Å². The number of halogens is 3. The smallest absolute Gasteiger partial charge is 0.416 e. The first-order chi connectivity index (χ1) is 12.7. The largest absolute Gasteiger partial charge is 0.493 e. The molecule has 3 rings (SSSR count). The Balaban J connectivity index is 2.06. The Morgan fingerprint density at radius 1 is 1.22 bits per heavy atom. The van der Waals surface area contributed by atoms with E-state index in [1.165, 1.54) is 19.2 Å². The molecule has 0 aliphatic rings. The summed E-state index contributed by atoms with van der Waals surface area (Å²) >= 11 is 0. The molecule has 0 aliphatic carbocycles. The number of rotatable bonds is 5. The number of ether oxygens (including phenoxy) is 1. The van der Waals surface area contributed by atoms with Gasteiger partial charge in [-0.15, -0.1) is 0 Å². The molecule has 0 aliphatic heterocycles. The maximum Gasteiger partial charge on any atom is 0.416 e. The van der Waals surface area contributed by atoms with Gasteiger partial charge >= 0.3 is 12.1 Å². The third-order valence-corrected chi connectivity index (χ3v) is 4.30. The molecule has 1 N–H and O–H groups in total. The van der Waals surface area contributed by atoms with Crippen molar-refractivity contribution in [3.63, 3.8) is 0 Å². The summed E-state index contributed by atoms with van der Waals surface area (Å²) in [6.07, 6.45) is -4.15. The van der Waals surface area contributed by atoms with Crippen LogP contribution in [0.2, 0.25) is 0 Å². The van der Waals surface area contributed by atoms with Gasteiger partial charge in [-0.25, -0.2) is 0 Å². The summed E-state index contributed by atoms with van der Waals surface area (Å²) < 4.78 is 49.9. The average molecular weight is 378 g/mol. The van der Waals surface area contributed by atoms with Crippen molar-refractivity contribution >= 4 is 16.9 Å². The summed E-state index contributed by atoms with van der Waals surface area (Å²) in [5, 5.41) is 9.72. The molecule has 0 radical (unpaired) electrons. The number of carboxylic acid groups (broad SMARTS) is 1. The number of alkyl halides is 3. The summed E-state index contributed by atoms with van der Waals surface area (Å²) in [4.78, 5) is 11.1. The number of fused-ring (bicyclic) bond motifs is 1. The zero-order valence-electron chi connectivity index (χ0n) is 14.6. The van der Waals surface area contributed by atoms with Gasteiger partial charge in [0, 0.05) is 10.9 Å². The normalized spacial score (nSPS) is 12.9. The van der Waals surface area contributed by atoms with Gasteiger partial charge in [0.15, 0.2) is 11.3 Å². The molecule has 2 aromatic carbocycles. The highest BCUT2D eigenvalue weighted by Crippen LogP contribution is 2.37. The number of furan rings is 1. The number of hydrogen-bond donors (Lipinski definition) is 1. The summed E-state index contributed by atoms with van der Waals surface area (Å²) in [6, 6.07) is 9.95. The van der Waals surface area contributed by atoms with Crippen LogP contribution in [0.5, 0.6) is 5.75 Å². The molecule has 0 amide bonds. The van der Waals surface area contributed by atoms with E-state index in [0.717, 1.165) is 17.7 Å². The summed E-state index contributed by atoms with van der Waals surface area (Å²) in [5.41, 5.74) is 0.675. The number of benzene rings is 2. The Morgan fingerprint density at radius 3 is 2.59 bits per heavy atom. The Kier molecular flexibility index (Phi) is 4.87. The highest BCUT2D eigenvalue weighted by molar-refractivity contribution is 5.88. The van der Waals surface area contributed by atoms with E-state index in [2.05, 4.69) is 0 Å². The lowest BCUT2D eigenvalue weighted by Crippen LogP contribution is -2.12. The fraction of sp³-hybridized carbons (Fsp3) is 0.250. The first kappa shape index (κ1) is 18.8. The molecule has 1 unspecified atom stereocenters. The van der Waals surface area contributed by atoms with Gasteiger partial charge in [-0.1, -0.05) is 19.1 Å². The maximum atomic E-state index is 12.9. The van der Waals surface area contributed by atoms with Gasteiger partial charge in [-0.3, -0.25) is 4.79 Å². The average Bonchev–Trinajstić information content (AvgIpc) is 3.04. The van der Waals surface area contributed by atoms with Gasteiger partial charge < -0.3 is 14.3 Å². The Hall–Kier alpha value is -2.96. The number of carboxylic acids is 1. The standard InChI is InChI=1S/C20H17F3O4/c1-11(19(24)25)6-12-7-14-10-16(27-18(14)17(8-12)26-2)13-4-3-5-15(9-13)20(21,22)23/h3-5,7-11H,6H2,1-2H3,(H,24,25). The van der Waals surface area contributed by atoms with Crippen LogP contribution in [0.25, 0.3) is 22.3 Å². The maximum absolute atomic E-state index is 12.9. The predicted octanol–water partition coefficient (Wildman–Crippen LogP) is 5.39. The first-order valence-electron chi connectivity index (χ1n) is 8.20. The van der Waals surface area contributed by atoms with Crippen LogP contribution in [0, 0.1) is 5.92 Å². The van der Waals surface area contributed by atoms with Crippen LogP contribution >= 0.6 is 0 Å². The molecule has 1 atom stereocenters. The van der Waals surface area contributed by atoms with Crippen LogP contribution in [0.1, 0.15) is 18.1 Å². The van der Waals surface area contributed by atoms with E-state index in [-0.39, 0.29) is 5.76 Å². The molecule has 7 heteroatoms. The van der Waals surface area contributed by atoms with Crippen LogP contribution in [-0.4, -0.2) is 18.2 Å². The zero-order valence-corrected chi connectivity index (χ0v) is 14.6. The summed E-state index contributed by atoms with van der Waals surface area (Å²) in [7, 11) is 1.45. The third kappa shape index (κ3) is 3.92. The second-order valence-corrected chi connectivity index (χ2v) is 6.35. The molecule has 0 saturated carbocycles. The van der Waals surface area contributed by atoms with E-state index in [1.807, 2.05) is 0 Å². The molecule has 4 nitrogen and oxygen atoms in total. The minimum Gasteiger partial charge on any atom is -0.493 e. The van der Waals surface area contributed by atoms with Crippen molar-refractivity contribution in [1.29, 1.82) is 0 Å². The molecule has 1 aromatic heterocycles. The molecule has 0 fully saturated rings. The molecule has 0 saturated heterocycles. The molecule has 3 aromatic rings. The second-order valence-electron chi connectivity index (χ2n) is 6.35. The molecule has 0 spiro atoms. The molecule has 142 valence electrons. The van der Waals surface area contributed by atoms with Crippen molar-refractivity contribution in [3.8, 4) is 17.1 Å². The lowest BCUT2D eigenvalue weighted by molar-refractivity contribution is -0.141. The van der Waals surface area contributed by atoms with Crippen molar-refractivity contribution in [2.75, 3.05) is 7.11 Å². The molecule has 27 heavy (non-hydrogen) atoms. The lowest BCUT2D eigenvalue weighted by Gasteiger charge is -2.08. The lowest BCUT2D eigenvalue weighted by atomic mass is 10.00. The Labute approximate surface area is 153 Å². The fourth-order valence-corrected chi connectivity index (χ4v) is 2.88. The van der Waals surface area contributed by atoms with Gasteiger partial charge in [-0.2, -0.15) is 13.2 Å². The fourth-order valence-electron chi connectivity index (χ4n) is 2.88. The molecular weight excluding hydrogens is 361 g/mol. The van der Waals surface area contributed by atoms with E-state index in [9.17, 15) is 18.0 Å². The van der Waals surface area contributed by atoms with Crippen LogP contribution in [0.15, 0.2) is 46.9 Å². The second kappa shape index (κ2) is 6.98. The van der Waals surface area contributed by atoms with Crippen molar-refractivity contribution in [2.45, 2.75) is 19.5 Å². The van der Waals surface area contributed by atoms with Gasteiger partial charge in [0.1, 0.15) is 5.76 Å². The van der Waals surface area contributed by atoms with Gasteiger partial charge in [-0.05, 0) is 42.3 Å². The van der Waals surface area contributed by atoms with Crippen molar-refractivity contribution < 1.29 is 32.2 Å². The monoisotopic (exact) mass is 378 g/mol. The highest BCUT2D eigenvalue weighted by atomic mass is 19.4.